The van der Waals surface area contributed by atoms with E-state index in [9.17, 15) is 14.0 Å². The molecule has 1 atom stereocenters. The number of carbonyl (C=O) groups is 2. The van der Waals surface area contributed by atoms with Crippen LogP contribution in [0.2, 0.25) is 0 Å². The van der Waals surface area contributed by atoms with Crippen molar-refractivity contribution in [3.8, 4) is 0 Å². The first-order chi connectivity index (χ1) is 13.1. The van der Waals surface area contributed by atoms with Crippen LogP contribution in [0.5, 0.6) is 0 Å². The predicted octanol–water partition coefficient (Wildman–Crippen LogP) is 1.51. The summed E-state index contributed by atoms with van der Waals surface area (Å²) in [6, 6.07) is 6.80. The van der Waals surface area contributed by atoms with Gasteiger partial charge in [-0.05, 0) is 43.2 Å². The molecule has 0 spiro atoms. The predicted molar refractivity (Wildman–Crippen MR) is 97.7 cm³/mol. The summed E-state index contributed by atoms with van der Waals surface area (Å²) in [7, 11) is 0. The smallest absolute Gasteiger partial charge is 0.251 e. The van der Waals surface area contributed by atoms with Crippen LogP contribution in [0.25, 0.3) is 0 Å². The number of hydrogen-bond acceptors (Lipinski definition) is 6. The highest BCUT2D eigenvalue weighted by atomic mass is 19.1. The molecular weight excluding hydrogens is 349 g/mol. The topological polar surface area (TPSA) is 78.4 Å². The average Bonchev–Trinajstić information content (AvgIpc) is 2.97. The lowest BCUT2D eigenvalue weighted by Crippen LogP contribution is -2.49. The Kier molecular flexibility index (Phi) is 4.81. The van der Waals surface area contributed by atoms with E-state index >= 15 is 0 Å². The van der Waals surface area contributed by atoms with E-state index in [0.717, 1.165) is 30.8 Å². The lowest BCUT2D eigenvalue weighted by molar-refractivity contribution is -0.121. The van der Waals surface area contributed by atoms with Crippen LogP contribution in [0.15, 0.2) is 42.7 Å². The lowest BCUT2D eigenvalue weighted by Gasteiger charge is -2.33. The second-order valence-electron chi connectivity index (χ2n) is 6.78. The molecule has 0 aliphatic carbocycles. The van der Waals surface area contributed by atoms with Crippen molar-refractivity contribution >= 4 is 23.5 Å². The number of imide groups is 1. The molecule has 4 rings (SSSR count). The van der Waals surface area contributed by atoms with Gasteiger partial charge in [0.05, 0.1) is 18.2 Å². The summed E-state index contributed by atoms with van der Waals surface area (Å²) < 4.78 is 13.1. The van der Waals surface area contributed by atoms with Crippen molar-refractivity contribution in [2.45, 2.75) is 31.3 Å². The molecule has 2 aliphatic rings. The zero-order chi connectivity index (χ0) is 18.8. The van der Waals surface area contributed by atoms with Crippen LogP contribution in [0.3, 0.4) is 0 Å². The largest absolute Gasteiger partial charge is 0.341 e. The van der Waals surface area contributed by atoms with Gasteiger partial charge in [-0.3, -0.25) is 9.59 Å². The molecule has 7 nitrogen and oxygen atoms in total. The molecule has 1 aromatic carbocycles. The van der Waals surface area contributed by atoms with E-state index in [2.05, 4.69) is 20.2 Å². The van der Waals surface area contributed by atoms with E-state index < -0.39 is 11.9 Å². The van der Waals surface area contributed by atoms with Crippen LogP contribution in [-0.4, -0.2) is 47.0 Å². The van der Waals surface area contributed by atoms with Gasteiger partial charge in [-0.25, -0.2) is 19.3 Å². The van der Waals surface area contributed by atoms with Crippen molar-refractivity contribution in [2.24, 2.45) is 0 Å². The minimum atomic E-state index is -0.535. The summed E-state index contributed by atoms with van der Waals surface area (Å²) >= 11 is 0. The van der Waals surface area contributed by atoms with E-state index in [4.69, 9.17) is 0 Å². The monoisotopic (exact) mass is 369 g/mol. The van der Waals surface area contributed by atoms with Gasteiger partial charge in [0.1, 0.15) is 5.82 Å². The maximum Gasteiger partial charge on any atom is 0.251 e. The Morgan fingerprint density at radius 3 is 2.37 bits per heavy atom. The Labute approximate surface area is 156 Å². The van der Waals surface area contributed by atoms with Crippen molar-refractivity contribution in [1.82, 2.24) is 15.3 Å². The number of nitrogens with zero attached hydrogens (tertiary/aromatic N) is 4. The van der Waals surface area contributed by atoms with Crippen LogP contribution in [0, 0.1) is 5.82 Å². The summed E-state index contributed by atoms with van der Waals surface area (Å²) in [6.07, 6.45) is 5.25. The highest BCUT2D eigenvalue weighted by molar-refractivity contribution is 6.22. The van der Waals surface area contributed by atoms with Crippen LogP contribution in [-0.2, 0) is 9.59 Å². The molecule has 2 amide bonds. The standard InChI is InChI=1S/C19H20FN5O2/c20-13-2-4-15(5-3-13)25-17(26)12-16(18(25)27)23-14-6-10-24(11-7-14)19-21-8-1-9-22-19/h1-5,8-9,14,16,23H,6-7,10-12H2. The van der Waals surface area contributed by atoms with E-state index in [1.807, 2.05) is 0 Å². The second kappa shape index (κ2) is 7.40. The molecule has 27 heavy (non-hydrogen) atoms. The fraction of sp³-hybridized carbons (Fsp3) is 0.368. The maximum atomic E-state index is 13.1. The summed E-state index contributed by atoms with van der Waals surface area (Å²) in [4.78, 5) is 36.8. The van der Waals surface area contributed by atoms with Gasteiger partial charge in [0.2, 0.25) is 11.9 Å². The fourth-order valence-corrected chi connectivity index (χ4v) is 3.61. The van der Waals surface area contributed by atoms with Gasteiger partial charge in [-0.15, -0.1) is 0 Å². The number of piperidine rings is 1. The molecule has 2 aromatic rings. The van der Waals surface area contributed by atoms with Crippen molar-refractivity contribution < 1.29 is 14.0 Å². The van der Waals surface area contributed by atoms with E-state index in [0.29, 0.717) is 11.6 Å². The molecule has 0 radical (unpaired) electrons. The Morgan fingerprint density at radius 1 is 1.04 bits per heavy atom. The zero-order valence-electron chi connectivity index (χ0n) is 14.7. The first kappa shape index (κ1) is 17.5. The quantitative estimate of drug-likeness (QED) is 0.823. The number of hydrogen-bond donors (Lipinski definition) is 1. The molecule has 1 N–H and O–H groups in total. The fourth-order valence-electron chi connectivity index (χ4n) is 3.61. The van der Waals surface area contributed by atoms with Crippen molar-refractivity contribution in [1.29, 1.82) is 0 Å². The SMILES string of the molecule is O=C1CC(NC2CCN(c3ncccn3)CC2)C(=O)N1c1ccc(F)cc1. The summed E-state index contributed by atoms with van der Waals surface area (Å²) in [6.45, 7) is 1.58. The molecule has 2 fully saturated rings. The number of aromatic nitrogens is 2. The van der Waals surface area contributed by atoms with Gasteiger partial charge in [-0.1, -0.05) is 0 Å². The number of carbonyl (C=O) groups excluding carboxylic acids is 2. The zero-order valence-corrected chi connectivity index (χ0v) is 14.7. The van der Waals surface area contributed by atoms with Gasteiger partial charge in [0, 0.05) is 31.5 Å². The van der Waals surface area contributed by atoms with Gasteiger partial charge in [0.25, 0.3) is 5.91 Å². The van der Waals surface area contributed by atoms with Crippen LogP contribution < -0.4 is 15.1 Å². The Hall–Kier alpha value is -2.87. The maximum absolute atomic E-state index is 13.1. The first-order valence-electron chi connectivity index (χ1n) is 9.02. The molecule has 1 aromatic heterocycles. The van der Waals surface area contributed by atoms with Crippen molar-refractivity contribution in [3.05, 3.63) is 48.5 Å². The highest BCUT2D eigenvalue weighted by Gasteiger charge is 2.40. The van der Waals surface area contributed by atoms with E-state index in [1.54, 1.807) is 18.5 Å². The van der Waals surface area contributed by atoms with Crippen LogP contribution in [0.4, 0.5) is 16.0 Å². The summed E-state index contributed by atoms with van der Waals surface area (Å²) in [5.41, 5.74) is 0.409. The number of nitrogens with one attached hydrogen (secondary N) is 1. The summed E-state index contributed by atoms with van der Waals surface area (Å²) in [5.74, 6) is -0.230. The second-order valence-corrected chi connectivity index (χ2v) is 6.78. The molecule has 2 saturated heterocycles. The average molecular weight is 369 g/mol. The Bertz CT molecular complexity index is 822. The minimum absolute atomic E-state index is 0.123. The number of amides is 2. The van der Waals surface area contributed by atoms with Crippen LogP contribution in [0.1, 0.15) is 19.3 Å². The van der Waals surface area contributed by atoms with Gasteiger partial charge >= 0.3 is 0 Å². The van der Waals surface area contributed by atoms with Gasteiger partial charge in [-0.2, -0.15) is 0 Å². The number of rotatable bonds is 4. The molecule has 1 unspecified atom stereocenters. The van der Waals surface area contributed by atoms with E-state index in [-0.39, 0.29) is 24.3 Å². The van der Waals surface area contributed by atoms with Crippen molar-refractivity contribution in [3.63, 3.8) is 0 Å². The highest BCUT2D eigenvalue weighted by Crippen LogP contribution is 2.24. The first-order valence-corrected chi connectivity index (χ1v) is 9.02. The van der Waals surface area contributed by atoms with Crippen molar-refractivity contribution in [2.75, 3.05) is 22.9 Å². The van der Waals surface area contributed by atoms with E-state index in [1.165, 1.54) is 24.3 Å². The Morgan fingerprint density at radius 2 is 1.70 bits per heavy atom. The minimum Gasteiger partial charge on any atom is -0.341 e. The van der Waals surface area contributed by atoms with Crippen LogP contribution >= 0.6 is 0 Å². The molecule has 2 aliphatic heterocycles. The molecule has 8 heteroatoms. The lowest BCUT2D eigenvalue weighted by atomic mass is 10.0. The van der Waals surface area contributed by atoms with Gasteiger partial charge in [0.15, 0.2) is 0 Å². The molecule has 140 valence electrons. The molecule has 3 heterocycles. The van der Waals surface area contributed by atoms with Gasteiger partial charge < -0.3 is 10.2 Å². The number of halogens is 1. The third-order valence-corrected chi connectivity index (χ3v) is 5.00. The molecule has 0 bridgehead atoms. The normalized spacial score (nSPS) is 21.1. The Balaban J connectivity index is 1.36. The third-order valence-electron chi connectivity index (χ3n) is 5.00. The number of benzene rings is 1. The number of anilines is 2. The molecule has 0 saturated carbocycles. The third kappa shape index (κ3) is 3.66. The molecular formula is C19H20FN5O2. The summed E-state index contributed by atoms with van der Waals surface area (Å²) in [5, 5.41) is 3.33.